The molecule has 4 rings (SSSR count). The number of rotatable bonds is 6. The van der Waals surface area contributed by atoms with Crippen molar-refractivity contribution >= 4 is 34.0 Å². The average Bonchev–Trinajstić information content (AvgIpc) is 3.30. The molecule has 1 atom stereocenters. The van der Waals surface area contributed by atoms with Crippen LogP contribution in [-0.2, 0) is 6.54 Å². The molecule has 132 valence electrons. The Hall–Kier alpha value is -2.41. The van der Waals surface area contributed by atoms with Gasteiger partial charge in [0.05, 0.1) is 23.1 Å². The van der Waals surface area contributed by atoms with Gasteiger partial charge in [0.1, 0.15) is 24.2 Å². The molecule has 1 N–H and O–H groups in total. The monoisotopic (exact) mass is 385 g/mol. The lowest BCUT2D eigenvalue weighted by Crippen LogP contribution is -2.24. The Labute approximate surface area is 159 Å². The van der Waals surface area contributed by atoms with Crippen molar-refractivity contribution in [2.75, 3.05) is 6.61 Å². The molecule has 2 aromatic carbocycles. The number of benzene rings is 2. The number of ether oxygens (including phenoxy) is 1. The number of imidazole rings is 1. The van der Waals surface area contributed by atoms with Gasteiger partial charge < -0.3 is 14.4 Å². The van der Waals surface area contributed by atoms with Gasteiger partial charge in [0.25, 0.3) is 0 Å². The van der Waals surface area contributed by atoms with Crippen LogP contribution in [0.25, 0.3) is 22.6 Å². The van der Waals surface area contributed by atoms with Crippen LogP contribution in [0.3, 0.4) is 0 Å². The summed E-state index contributed by atoms with van der Waals surface area (Å²) in [7, 11) is 0. The summed E-state index contributed by atoms with van der Waals surface area (Å²) in [6.07, 6.45) is -0.694. The van der Waals surface area contributed by atoms with E-state index in [2.05, 4.69) is 9.97 Å². The zero-order valence-electron chi connectivity index (χ0n) is 13.7. The minimum absolute atomic E-state index is 0.171. The topological polar surface area (TPSA) is 60.2 Å². The summed E-state index contributed by atoms with van der Waals surface area (Å²) in [4.78, 5) is 9.04. The number of nitrogens with zero attached hydrogens (tertiary/aromatic N) is 3. The number of aliphatic hydroxyl groups excluding tert-OH is 1. The van der Waals surface area contributed by atoms with Crippen molar-refractivity contribution in [1.29, 1.82) is 0 Å². The van der Waals surface area contributed by atoms with Crippen molar-refractivity contribution in [3.8, 4) is 17.3 Å². The Bertz CT molecular complexity index is 999. The maximum Gasteiger partial charge on any atom is 0.160 e. The normalized spacial score (nSPS) is 12.4. The number of hydrogen-bond donors (Lipinski definition) is 1. The molecular formula is C19H16ClN3O2S. The first-order chi connectivity index (χ1) is 12.7. The first-order valence-corrected chi connectivity index (χ1v) is 9.43. The molecule has 0 saturated heterocycles. The molecule has 4 aromatic rings. The number of hydrogen-bond acceptors (Lipinski definition) is 5. The number of halogens is 1. The highest BCUT2D eigenvalue weighted by Gasteiger charge is 2.17. The third-order valence-electron chi connectivity index (χ3n) is 3.97. The largest absolute Gasteiger partial charge is 0.491 e. The van der Waals surface area contributed by atoms with E-state index in [0.717, 1.165) is 22.6 Å². The average molecular weight is 386 g/mol. The van der Waals surface area contributed by atoms with Crippen LogP contribution < -0.4 is 4.74 Å². The highest BCUT2D eigenvalue weighted by atomic mass is 35.5. The molecule has 0 radical (unpaired) electrons. The van der Waals surface area contributed by atoms with Crippen LogP contribution in [0.1, 0.15) is 0 Å². The lowest BCUT2D eigenvalue weighted by Gasteiger charge is -2.15. The summed E-state index contributed by atoms with van der Waals surface area (Å²) in [6, 6.07) is 14.9. The second-order valence-corrected chi connectivity index (χ2v) is 6.98. The predicted molar refractivity (Wildman–Crippen MR) is 104 cm³/mol. The molecule has 2 heterocycles. The summed E-state index contributed by atoms with van der Waals surface area (Å²) in [5, 5.41) is 13.1. The standard InChI is InChI=1S/C19H16ClN3O2S/c20-13-5-7-15(8-6-13)25-10-14(24)9-23-18-4-2-1-3-16(18)22-19(23)17-11-26-12-21-17/h1-8,11-12,14,24H,9-10H2/t14-/m0/s1. The quantitative estimate of drug-likeness (QED) is 0.539. The molecule has 0 aliphatic heterocycles. The van der Waals surface area contributed by atoms with Crippen molar-refractivity contribution in [2.45, 2.75) is 12.6 Å². The van der Waals surface area contributed by atoms with E-state index in [9.17, 15) is 5.11 Å². The van der Waals surface area contributed by atoms with Gasteiger partial charge in [0.15, 0.2) is 5.82 Å². The van der Waals surface area contributed by atoms with Crippen LogP contribution in [0.4, 0.5) is 0 Å². The van der Waals surface area contributed by atoms with Crippen molar-refractivity contribution in [2.24, 2.45) is 0 Å². The van der Waals surface area contributed by atoms with Crippen molar-refractivity contribution in [3.63, 3.8) is 0 Å². The summed E-state index contributed by atoms with van der Waals surface area (Å²) in [5.41, 5.74) is 4.42. The highest BCUT2D eigenvalue weighted by Crippen LogP contribution is 2.25. The molecule has 0 fully saturated rings. The second-order valence-electron chi connectivity index (χ2n) is 5.83. The lowest BCUT2D eigenvalue weighted by atomic mass is 10.3. The maximum atomic E-state index is 10.5. The van der Waals surface area contributed by atoms with Gasteiger partial charge in [-0.05, 0) is 36.4 Å². The molecule has 0 amide bonds. The van der Waals surface area contributed by atoms with Gasteiger partial charge in [-0.1, -0.05) is 23.7 Å². The maximum absolute atomic E-state index is 10.5. The molecule has 0 unspecified atom stereocenters. The van der Waals surface area contributed by atoms with Gasteiger partial charge in [-0.3, -0.25) is 0 Å². The van der Waals surface area contributed by atoms with Crippen molar-refractivity contribution < 1.29 is 9.84 Å². The smallest absolute Gasteiger partial charge is 0.160 e. The zero-order valence-corrected chi connectivity index (χ0v) is 15.3. The molecule has 2 aromatic heterocycles. The van der Waals surface area contributed by atoms with Gasteiger partial charge in [0.2, 0.25) is 0 Å². The van der Waals surface area contributed by atoms with Crippen LogP contribution in [0.15, 0.2) is 59.4 Å². The second kappa shape index (κ2) is 7.45. The van der Waals surface area contributed by atoms with Gasteiger partial charge in [-0.15, -0.1) is 11.3 Å². The zero-order chi connectivity index (χ0) is 17.9. The summed E-state index contributed by atoms with van der Waals surface area (Å²) < 4.78 is 7.64. The van der Waals surface area contributed by atoms with Crippen LogP contribution in [0.2, 0.25) is 5.02 Å². The fraction of sp³-hybridized carbons (Fsp3) is 0.158. The Morgan fingerprint density at radius 2 is 1.96 bits per heavy atom. The molecule has 0 saturated carbocycles. The molecule has 0 spiro atoms. The third kappa shape index (κ3) is 3.58. The van der Waals surface area contributed by atoms with Crippen LogP contribution in [0, 0.1) is 0 Å². The van der Waals surface area contributed by atoms with Crippen LogP contribution in [-0.4, -0.2) is 32.4 Å². The lowest BCUT2D eigenvalue weighted by molar-refractivity contribution is 0.0938. The highest BCUT2D eigenvalue weighted by molar-refractivity contribution is 7.07. The predicted octanol–water partition coefficient (Wildman–Crippen LogP) is 4.25. The Kier molecular flexibility index (Phi) is 4.88. The molecular weight excluding hydrogens is 370 g/mol. The third-order valence-corrected chi connectivity index (χ3v) is 4.80. The fourth-order valence-corrected chi connectivity index (χ4v) is 3.42. The van der Waals surface area contributed by atoms with E-state index in [1.54, 1.807) is 29.8 Å². The Morgan fingerprint density at radius 1 is 1.15 bits per heavy atom. The summed E-state index contributed by atoms with van der Waals surface area (Å²) >= 11 is 7.39. The van der Waals surface area contributed by atoms with E-state index < -0.39 is 6.10 Å². The van der Waals surface area contributed by atoms with E-state index >= 15 is 0 Å². The van der Waals surface area contributed by atoms with Crippen LogP contribution in [0.5, 0.6) is 5.75 Å². The molecule has 0 aliphatic rings. The molecule has 7 heteroatoms. The minimum Gasteiger partial charge on any atom is -0.491 e. The number of thiazole rings is 1. The molecule has 26 heavy (non-hydrogen) atoms. The van der Waals surface area contributed by atoms with E-state index in [1.165, 1.54) is 11.3 Å². The molecule has 0 bridgehead atoms. The van der Waals surface area contributed by atoms with Gasteiger partial charge in [-0.2, -0.15) is 0 Å². The fourth-order valence-electron chi connectivity index (χ4n) is 2.77. The molecule has 5 nitrogen and oxygen atoms in total. The Balaban J connectivity index is 1.56. The summed E-state index contributed by atoms with van der Waals surface area (Å²) in [6.45, 7) is 0.533. The Morgan fingerprint density at radius 3 is 2.73 bits per heavy atom. The number of fused-ring (bicyclic) bond motifs is 1. The number of aromatic nitrogens is 3. The van der Waals surface area contributed by atoms with Crippen molar-refractivity contribution in [1.82, 2.24) is 14.5 Å². The SMILES string of the molecule is O[C@H](COc1ccc(Cl)cc1)Cn1c(-c2cscn2)nc2ccccc21. The van der Waals surface area contributed by atoms with Gasteiger partial charge >= 0.3 is 0 Å². The van der Waals surface area contributed by atoms with Gasteiger partial charge in [0, 0.05) is 10.4 Å². The first-order valence-electron chi connectivity index (χ1n) is 8.11. The molecule has 0 aliphatic carbocycles. The van der Waals surface area contributed by atoms with Crippen LogP contribution >= 0.6 is 22.9 Å². The number of aliphatic hydroxyl groups is 1. The van der Waals surface area contributed by atoms with E-state index in [0.29, 0.717) is 17.3 Å². The minimum atomic E-state index is -0.694. The van der Waals surface area contributed by atoms with E-state index in [-0.39, 0.29) is 6.61 Å². The summed E-state index contributed by atoms with van der Waals surface area (Å²) in [5.74, 6) is 1.42. The number of para-hydroxylation sites is 2. The van der Waals surface area contributed by atoms with Crippen molar-refractivity contribution in [3.05, 3.63) is 64.4 Å². The first kappa shape index (κ1) is 17.0. The van der Waals surface area contributed by atoms with E-state index in [1.807, 2.05) is 34.2 Å². The van der Waals surface area contributed by atoms with Gasteiger partial charge in [-0.25, -0.2) is 9.97 Å². The van der Waals surface area contributed by atoms with E-state index in [4.69, 9.17) is 16.3 Å².